The molecule has 1 amide bonds. The Labute approximate surface area is 102 Å². The van der Waals surface area contributed by atoms with E-state index in [2.05, 4.69) is 10.3 Å². The molecule has 0 saturated heterocycles. The Bertz CT molecular complexity index is 478. The zero-order valence-corrected chi connectivity index (χ0v) is 9.58. The molecule has 0 aliphatic heterocycles. The van der Waals surface area contributed by atoms with Gasteiger partial charge in [-0.1, -0.05) is 0 Å². The van der Waals surface area contributed by atoms with Crippen LogP contribution in [-0.2, 0) is 11.3 Å². The fraction of sp³-hybridized carbons (Fsp3) is 0.167. The molecule has 6 heteroatoms. The van der Waals surface area contributed by atoms with Gasteiger partial charge in [0.05, 0.1) is 12.9 Å². The molecule has 1 rings (SSSR count). The fourth-order valence-corrected chi connectivity index (χ4v) is 1.16. The lowest BCUT2D eigenvalue weighted by Gasteiger charge is -1.98. The van der Waals surface area contributed by atoms with Gasteiger partial charge in [0, 0.05) is 6.07 Å². The van der Waals surface area contributed by atoms with Gasteiger partial charge < -0.3 is 5.32 Å². The number of rotatable bonds is 4. The largest absolute Gasteiger partial charge is 0.311 e. The van der Waals surface area contributed by atoms with Crippen LogP contribution < -0.4 is 5.32 Å². The van der Waals surface area contributed by atoms with E-state index in [9.17, 15) is 18.0 Å². The van der Waals surface area contributed by atoms with E-state index >= 15 is 0 Å². The minimum absolute atomic E-state index is 0.0214. The summed E-state index contributed by atoms with van der Waals surface area (Å²) in [6.45, 7) is 1.36. The van der Waals surface area contributed by atoms with Gasteiger partial charge in [-0.15, -0.1) is 0 Å². The molecule has 0 aliphatic carbocycles. The van der Waals surface area contributed by atoms with Crippen molar-refractivity contribution in [2.45, 2.75) is 13.5 Å². The van der Waals surface area contributed by atoms with Crippen LogP contribution in [0.3, 0.4) is 0 Å². The highest BCUT2D eigenvalue weighted by Gasteiger charge is 2.04. The number of allylic oxidation sites excluding steroid dienone is 1. The van der Waals surface area contributed by atoms with Crippen LogP contribution in [0.5, 0.6) is 0 Å². The monoisotopic (exact) mass is 256 g/mol. The van der Waals surface area contributed by atoms with Crippen LogP contribution in [0.2, 0.25) is 0 Å². The van der Waals surface area contributed by atoms with E-state index < -0.39 is 23.4 Å². The van der Waals surface area contributed by atoms with Gasteiger partial charge in [-0.05, 0) is 30.7 Å². The summed E-state index contributed by atoms with van der Waals surface area (Å²) >= 11 is 0. The number of amides is 1. The zero-order chi connectivity index (χ0) is 13.5. The number of carbonyl (C=O) groups is 1. The first-order chi connectivity index (χ1) is 8.52. The van der Waals surface area contributed by atoms with E-state index in [1.165, 1.54) is 6.92 Å². The molecule has 18 heavy (non-hydrogen) atoms. The van der Waals surface area contributed by atoms with E-state index in [0.29, 0.717) is 5.56 Å². The van der Waals surface area contributed by atoms with Crippen molar-refractivity contribution in [2.75, 3.05) is 0 Å². The second-order valence-corrected chi connectivity index (χ2v) is 3.36. The molecule has 1 N–H and O–H groups in total. The topological polar surface area (TPSA) is 41.5 Å². The first kappa shape index (κ1) is 14.0. The lowest BCUT2D eigenvalue weighted by molar-refractivity contribution is -0.117. The van der Waals surface area contributed by atoms with Crippen molar-refractivity contribution in [1.29, 1.82) is 0 Å². The fourth-order valence-electron chi connectivity index (χ4n) is 1.16. The van der Waals surface area contributed by atoms with Gasteiger partial charge in [-0.3, -0.25) is 9.79 Å². The minimum Gasteiger partial charge on any atom is -0.311 e. The normalized spacial score (nSPS) is 11.9. The number of benzene rings is 1. The maximum atomic E-state index is 12.8. The van der Waals surface area contributed by atoms with Gasteiger partial charge >= 0.3 is 0 Å². The highest BCUT2D eigenvalue weighted by atomic mass is 19.1. The highest BCUT2D eigenvalue weighted by molar-refractivity contribution is 5.98. The number of hydrogen-bond acceptors (Lipinski definition) is 2. The Morgan fingerprint density at radius 1 is 1.33 bits per heavy atom. The third-order valence-corrected chi connectivity index (χ3v) is 1.95. The number of nitrogens with zero attached hydrogens (tertiary/aromatic N) is 1. The van der Waals surface area contributed by atoms with Gasteiger partial charge in [0.15, 0.2) is 5.83 Å². The summed E-state index contributed by atoms with van der Waals surface area (Å²) in [5, 5.41) is 2.07. The van der Waals surface area contributed by atoms with E-state index in [-0.39, 0.29) is 6.54 Å². The van der Waals surface area contributed by atoms with E-state index in [0.717, 1.165) is 30.6 Å². The van der Waals surface area contributed by atoms with Gasteiger partial charge in [-0.2, -0.15) is 0 Å². The second kappa shape index (κ2) is 6.58. The molecule has 96 valence electrons. The summed E-state index contributed by atoms with van der Waals surface area (Å²) in [4.78, 5) is 14.6. The van der Waals surface area contributed by atoms with Gasteiger partial charge in [0.25, 0.3) is 5.91 Å². The van der Waals surface area contributed by atoms with Crippen LogP contribution in [0, 0.1) is 11.6 Å². The highest BCUT2D eigenvalue weighted by Crippen LogP contribution is 2.08. The first-order valence-electron chi connectivity index (χ1n) is 5.09. The molecule has 0 heterocycles. The third-order valence-electron chi connectivity index (χ3n) is 1.95. The van der Waals surface area contributed by atoms with Crippen molar-refractivity contribution in [1.82, 2.24) is 5.32 Å². The summed E-state index contributed by atoms with van der Waals surface area (Å²) in [5.74, 6) is -3.27. The van der Waals surface area contributed by atoms with E-state index in [4.69, 9.17) is 0 Å². The van der Waals surface area contributed by atoms with Gasteiger partial charge in [0.1, 0.15) is 11.6 Å². The third kappa shape index (κ3) is 4.40. The van der Waals surface area contributed by atoms with Crippen molar-refractivity contribution in [3.05, 3.63) is 47.3 Å². The lowest BCUT2D eigenvalue weighted by atomic mass is 10.2. The molecule has 1 aromatic rings. The Balaban J connectivity index is 2.52. The average Bonchev–Trinajstić information content (AvgIpc) is 2.32. The van der Waals surface area contributed by atoms with Gasteiger partial charge in [-0.25, -0.2) is 13.2 Å². The number of carbonyl (C=O) groups excluding carboxylic acids is 1. The summed E-state index contributed by atoms with van der Waals surface area (Å²) in [7, 11) is 0. The van der Waals surface area contributed by atoms with Crippen LogP contribution in [0.1, 0.15) is 12.5 Å². The quantitative estimate of drug-likeness (QED) is 0.502. The molecule has 0 unspecified atom stereocenters. The van der Waals surface area contributed by atoms with Crippen LogP contribution in [0.15, 0.2) is 35.1 Å². The molecule has 0 radical (unpaired) electrons. The molecule has 0 atom stereocenters. The zero-order valence-electron chi connectivity index (χ0n) is 9.58. The first-order valence-corrected chi connectivity index (χ1v) is 5.09. The van der Waals surface area contributed by atoms with Crippen molar-refractivity contribution in [3.63, 3.8) is 0 Å². The predicted octanol–water partition coefficient (Wildman–Crippen LogP) is 2.48. The molecule has 3 nitrogen and oxygen atoms in total. The van der Waals surface area contributed by atoms with Crippen LogP contribution in [0.4, 0.5) is 13.2 Å². The molecule has 1 aromatic carbocycles. The Hall–Kier alpha value is -2.11. The van der Waals surface area contributed by atoms with Crippen LogP contribution in [-0.4, -0.2) is 12.2 Å². The molecule has 0 fully saturated rings. The lowest BCUT2D eigenvalue weighted by Crippen LogP contribution is -2.21. The van der Waals surface area contributed by atoms with Crippen molar-refractivity contribution in [2.24, 2.45) is 4.99 Å². The molecule has 0 spiro atoms. The van der Waals surface area contributed by atoms with Crippen LogP contribution in [0.25, 0.3) is 0 Å². The second-order valence-electron chi connectivity index (χ2n) is 3.36. The number of halogens is 3. The SMILES string of the molecule is C/C=C(/F)C(=O)NC=NCc1cc(F)cc(F)c1. The molecule has 0 aliphatic rings. The van der Waals surface area contributed by atoms with Gasteiger partial charge in [0.2, 0.25) is 0 Å². The number of nitrogens with one attached hydrogen (secondary N) is 1. The molecule has 0 aromatic heterocycles. The average molecular weight is 256 g/mol. The maximum absolute atomic E-state index is 12.8. The Morgan fingerprint density at radius 2 is 1.94 bits per heavy atom. The van der Waals surface area contributed by atoms with E-state index in [1.807, 2.05) is 0 Å². The standard InChI is InChI=1S/C12H11F3N2O/c1-2-11(15)12(18)17-7-16-6-8-3-9(13)5-10(14)4-8/h2-5,7H,6H2,1H3,(H,16,17,18)/b11-2+. The van der Waals surface area contributed by atoms with Crippen molar-refractivity contribution in [3.8, 4) is 0 Å². The summed E-state index contributed by atoms with van der Waals surface area (Å²) in [5.41, 5.74) is 0.310. The predicted molar refractivity (Wildman–Crippen MR) is 61.6 cm³/mol. The number of aliphatic imine (C=N–C) groups is 1. The van der Waals surface area contributed by atoms with Crippen molar-refractivity contribution >= 4 is 12.2 Å². The molecule has 0 saturated carbocycles. The smallest absolute Gasteiger partial charge is 0.284 e. The molecule has 0 bridgehead atoms. The maximum Gasteiger partial charge on any atom is 0.284 e. The molecular formula is C12H11F3N2O. The van der Waals surface area contributed by atoms with Crippen LogP contribution >= 0.6 is 0 Å². The van der Waals surface area contributed by atoms with E-state index in [1.54, 1.807) is 0 Å². The summed E-state index contributed by atoms with van der Waals surface area (Å²) in [6.07, 6.45) is 1.99. The summed E-state index contributed by atoms with van der Waals surface area (Å²) < 4.78 is 38.3. The number of hydrogen-bond donors (Lipinski definition) is 1. The summed E-state index contributed by atoms with van der Waals surface area (Å²) in [6, 6.07) is 2.99. The Kier molecular flexibility index (Phi) is 5.10. The minimum atomic E-state index is -0.932. The van der Waals surface area contributed by atoms with Crippen molar-refractivity contribution < 1.29 is 18.0 Å². The Morgan fingerprint density at radius 3 is 2.50 bits per heavy atom. The molecular weight excluding hydrogens is 245 g/mol.